The van der Waals surface area contributed by atoms with Gasteiger partial charge in [0.25, 0.3) is 11.8 Å². The Morgan fingerprint density at radius 3 is 2.54 bits per heavy atom. The summed E-state index contributed by atoms with van der Waals surface area (Å²) in [6.45, 7) is 0. The summed E-state index contributed by atoms with van der Waals surface area (Å²) in [5.41, 5.74) is 0.613. The number of benzene rings is 1. The minimum atomic E-state index is -3.63. The fourth-order valence-electron chi connectivity index (χ4n) is 2.26. The Labute approximate surface area is 156 Å². The normalized spacial score (nSPS) is 14.3. The van der Waals surface area contributed by atoms with Crippen molar-refractivity contribution in [1.82, 2.24) is 9.62 Å². The molecule has 26 heavy (non-hydrogen) atoms. The monoisotopic (exact) mass is 393 g/mol. The van der Waals surface area contributed by atoms with E-state index in [9.17, 15) is 18.0 Å². The predicted octanol–water partition coefficient (Wildman–Crippen LogP) is 2.14. The first-order valence-electron chi connectivity index (χ1n) is 8.01. The van der Waals surface area contributed by atoms with Crippen LogP contribution in [-0.2, 0) is 10.0 Å². The third-order valence-corrected chi connectivity index (χ3v) is 6.57. The number of carbonyl (C=O) groups excluding carboxylic acids is 2. The highest BCUT2D eigenvalue weighted by Gasteiger charge is 2.26. The molecule has 0 saturated heterocycles. The van der Waals surface area contributed by atoms with E-state index >= 15 is 0 Å². The van der Waals surface area contributed by atoms with Crippen molar-refractivity contribution in [2.45, 2.75) is 23.8 Å². The Bertz CT molecular complexity index is 946. The second-order valence-electron chi connectivity index (χ2n) is 6.18. The molecule has 2 amide bonds. The highest BCUT2D eigenvalue weighted by atomic mass is 32.2. The van der Waals surface area contributed by atoms with Gasteiger partial charge in [0, 0.05) is 25.7 Å². The molecule has 9 heteroatoms. The Balaban J connectivity index is 1.79. The fourth-order valence-corrected chi connectivity index (χ4v) is 3.99. The number of nitrogens with one attached hydrogen (secondary N) is 2. The smallest absolute Gasteiger partial charge is 0.256 e. The fraction of sp³-hybridized carbons (Fsp3) is 0.294. The molecular formula is C17H19N3O4S2. The van der Waals surface area contributed by atoms with Crippen molar-refractivity contribution in [3.63, 3.8) is 0 Å². The van der Waals surface area contributed by atoms with Crippen molar-refractivity contribution in [3.05, 3.63) is 46.8 Å². The quantitative estimate of drug-likeness (QED) is 0.786. The Hall–Kier alpha value is -2.23. The lowest BCUT2D eigenvalue weighted by Crippen LogP contribution is -2.26. The van der Waals surface area contributed by atoms with Crippen LogP contribution in [0, 0.1) is 0 Å². The topological polar surface area (TPSA) is 95.6 Å². The summed E-state index contributed by atoms with van der Waals surface area (Å²) in [6.07, 6.45) is 1.95. The third-order valence-electron chi connectivity index (χ3n) is 3.92. The van der Waals surface area contributed by atoms with Crippen LogP contribution in [0.15, 0.2) is 40.6 Å². The molecule has 2 aromatic rings. The Kier molecular flexibility index (Phi) is 5.12. The lowest BCUT2D eigenvalue weighted by atomic mass is 10.2. The van der Waals surface area contributed by atoms with E-state index in [0.717, 1.165) is 17.1 Å². The van der Waals surface area contributed by atoms with Crippen LogP contribution in [0.2, 0.25) is 0 Å². The van der Waals surface area contributed by atoms with Crippen LogP contribution in [0.5, 0.6) is 0 Å². The molecule has 0 atom stereocenters. The van der Waals surface area contributed by atoms with Crippen molar-refractivity contribution in [2.24, 2.45) is 0 Å². The zero-order chi connectivity index (χ0) is 18.9. The van der Waals surface area contributed by atoms with E-state index in [1.807, 2.05) is 0 Å². The average Bonchev–Trinajstić information content (AvgIpc) is 3.29. The summed E-state index contributed by atoms with van der Waals surface area (Å²) < 4.78 is 25.5. The number of nitrogens with zero attached hydrogens (tertiary/aromatic N) is 1. The van der Waals surface area contributed by atoms with Gasteiger partial charge < -0.3 is 10.6 Å². The third kappa shape index (κ3) is 3.95. The first-order chi connectivity index (χ1) is 12.3. The molecule has 2 N–H and O–H groups in total. The van der Waals surface area contributed by atoms with E-state index < -0.39 is 15.9 Å². The molecule has 0 radical (unpaired) electrons. The summed E-state index contributed by atoms with van der Waals surface area (Å²) in [6, 6.07) is 7.68. The second kappa shape index (κ2) is 7.18. The van der Waals surface area contributed by atoms with Gasteiger partial charge in [0.2, 0.25) is 10.0 Å². The standard InChI is InChI=1S/C17H19N3O4S2/c1-20(2)26(23,24)13-5-3-4-11(10-13)15(21)19-17-14(8-9-25-17)16(22)18-12-6-7-12/h3-5,8-10,12H,6-7H2,1-2H3,(H,18,22)(H,19,21). The van der Waals surface area contributed by atoms with Crippen LogP contribution in [0.1, 0.15) is 33.6 Å². The van der Waals surface area contributed by atoms with Gasteiger partial charge in [-0.3, -0.25) is 9.59 Å². The van der Waals surface area contributed by atoms with E-state index in [0.29, 0.717) is 10.6 Å². The van der Waals surface area contributed by atoms with E-state index in [-0.39, 0.29) is 22.4 Å². The van der Waals surface area contributed by atoms with Crippen molar-refractivity contribution < 1.29 is 18.0 Å². The van der Waals surface area contributed by atoms with Crippen LogP contribution in [0.25, 0.3) is 0 Å². The van der Waals surface area contributed by atoms with E-state index in [4.69, 9.17) is 0 Å². The zero-order valence-electron chi connectivity index (χ0n) is 14.4. The van der Waals surface area contributed by atoms with Crippen LogP contribution in [-0.4, -0.2) is 44.7 Å². The SMILES string of the molecule is CN(C)S(=O)(=O)c1cccc(C(=O)Nc2sccc2C(=O)NC2CC2)c1. The van der Waals surface area contributed by atoms with Gasteiger partial charge in [-0.15, -0.1) is 11.3 Å². The molecule has 0 aliphatic heterocycles. The maximum atomic E-state index is 12.5. The molecule has 1 heterocycles. The molecule has 1 saturated carbocycles. The highest BCUT2D eigenvalue weighted by molar-refractivity contribution is 7.89. The number of carbonyl (C=O) groups is 2. The molecule has 1 aliphatic rings. The largest absolute Gasteiger partial charge is 0.349 e. The molecule has 0 unspecified atom stereocenters. The molecule has 0 bridgehead atoms. The van der Waals surface area contributed by atoms with Crippen LogP contribution >= 0.6 is 11.3 Å². The number of hydrogen-bond donors (Lipinski definition) is 2. The summed E-state index contributed by atoms with van der Waals surface area (Å²) in [7, 11) is -0.773. The maximum Gasteiger partial charge on any atom is 0.256 e. The molecule has 1 aliphatic carbocycles. The summed E-state index contributed by atoms with van der Waals surface area (Å²) in [5.74, 6) is -0.684. The van der Waals surface area contributed by atoms with Crippen LogP contribution in [0.4, 0.5) is 5.00 Å². The van der Waals surface area contributed by atoms with Gasteiger partial charge in [0.15, 0.2) is 0 Å². The van der Waals surface area contributed by atoms with Gasteiger partial charge in [-0.2, -0.15) is 0 Å². The molecular weight excluding hydrogens is 374 g/mol. The van der Waals surface area contributed by atoms with Crippen LogP contribution < -0.4 is 10.6 Å². The van der Waals surface area contributed by atoms with Crippen molar-refractivity contribution in [1.29, 1.82) is 0 Å². The summed E-state index contributed by atoms with van der Waals surface area (Å²) in [4.78, 5) is 24.8. The number of rotatable bonds is 6. The van der Waals surface area contributed by atoms with Crippen molar-refractivity contribution in [3.8, 4) is 0 Å². The lowest BCUT2D eigenvalue weighted by Gasteiger charge is -2.12. The molecule has 1 aromatic heterocycles. The molecule has 3 rings (SSSR count). The summed E-state index contributed by atoms with van der Waals surface area (Å²) in [5, 5.41) is 7.75. The maximum absolute atomic E-state index is 12.5. The average molecular weight is 393 g/mol. The van der Waals surface area contributed by atoms with E-state index in [1.54, 1.807) is 11.4 Å². The van der Waals surface area contributed by atoms with Gasteiger partial charge in [-0.05, 0) is 42.5 Å². The van der Waals surface area contributed by atoms with E-state index in [1.165, 1.54) is 49.7 Å². The molecule has 0 spiro atoms. The van der Waals surface area contributed by atoms with Crippen molar-refractivity contribution in [2.75, 3.05) is 19.4 Å². The number of sulfonamides is 1. The highest BCUT2D eigenvalue weighted by Crippen LogP contribution is 2.26. The van der Waals surface area contributed by atoms with Gasteiger partial charge in [-0.1, -0.05) is 6.07 Å². The minimum absolute atomic E-state index is 0.0352. The van der Waals surface area contributed by atoms with Gasteiger partial charge in [0.05, 0.1) is 10.5 Å². The first kappa shape index (κ1) is 18.6. The van der Waals surface area contributed by atoms with Crippen molar-refractivity contribution >= 4 is 38.2 Å². The number of thiophene rings is 1. The van der Waals surface area contributed by atoms with Gasteiger partial charge >= 0.3 is 0 Å². The Morgan fingerprint density at radius 1 is 1.15 bits per heavy atom. The number of amides is 2. The predicted molar refractivity (Wildman–Crippen MR) is 100 cm³/mol. The first-order valence-corrected chi connectivity index (χ1v) is 10.3. The van der Waals surface area contributed by atoms with Crippen LogP contribution in [0.3, 0.4) is 0 Å². The van der Waals surface area contributed by atoms with E-state index in [2.05, 4.69) is 10.6 Å². The minimum Gasteiger partial charge on any atom is -0.349 e. The molecule has 1 fully saturated rings. The molecule has 1 aromatic carbocycles. The second-order valence-corrected chi connectivity index (χ2v) is 9.25. The van der Waals surface area contributed by atoms with Gasteiger partial charge in [0.1, 0.15) is 5.00 Å². The molecule has 7 nitrogen and oxygen atoms in total. The van der Waals surface area contributed by atoms with Gasteiger partial charge in [-0.25, -0.2) is 12.7 Å². The lowest BCUT2D eigenvalue weighted by molar-refractivity contribution is 0.0952. The number of hydrogen-bond acceptors (Lipinski definition) is 5. The molecule has 138 valence electrons. The summed E-state index contributed by atoms with van der Waals surface area (Å²) >= 11 is 1.24. The number of anilines is 1. The Morgan fingerprint density at radius 2 is 1.88 bits per heavy atom. The zero-order valence-corrected chi connectivity index (χ0v) is 16.0.